The summed E-state index contributed by atoms with van der Waals surface area (Å²) >= 11 is 0. The Bertz CT molecular complexity index is 403. The minimum Gasteiger partial charge on any atom is -0.467 e. The standard InChI is InChI=1S/C12H20N2O4/c1-8(7-11(15)14(3)17-5)6-10-13-9(2)12(16-4)18-10/h8H,6-7H2,1-5H3. The van der Waals surface area contributed by atoms with Crippen molar-refractivity contribution in [3.05, 3.63) is 11.6 Å². The zero-order chi connectivity index (χ0) is 13.7. The van der Waals surface area contributed by atoms with Crippen LogP contribution in [0.4, 0.5) is 0 Å². The van der Waals surface area contributed by atoms with Crippen LogP contribution in [0.25, 0.3) is 0 Å². The van der Waals surface area contributed by atoms with Gasteiger partial charge in [-0.1, -0.05) is 6.92 Å². The van der Waals surface area contributed by atoms with Gasteiger partial charge < -0.3 is 9.15 Å². The summed E-state index contributed by atoms with van der Waals surface area (Å²) in [6.07, 6.45) is 0.974. The maximum atomic E-state index is 11.6. The second-order valence-electron chi connectivity index (χ2n) is 4.27. The quantitative estimate of drug-likeness (QED) is 0.723. The van der Waals surface area contributed by atoms with Crippen LogP contribution in [0.5, 0.6) is 5.95 Å². The number of ether oxygens (including phenoxy) is 1. The summed E-state index contributed by atoms with van der Waals surface area (Å²) in [5, 5.41) is 1.22. The highest BCUT2D eigenvalue weighted by atomic mass is 16.7. The number of hydrogen-bond donors (Lipinski definition) is 0. The molecule has 0 saturated heterocycles. The van der Waals surface area contributed by atoms with E-state index in [1.54, 1.807) is 7.05 Å². The minimum atomic E-state index is -0.0692. The summed E-state index contributed by atoms with van der Waals surface area (Å²) in [5.74, 6) is 1.07. The van der Waals surface area contributed by atoms with Gasteiger partial charge in [-0.15, -0.1) is 0 Å². The van der Waals surface area contributed by atoms with Crippen LogP contribution in [-0.2, 0) is 16.1 Å². The third-order valence-corrected chi connectivity index (χ3v) is 2.65. The Balaban J connectivity index is 2.53. The molecule has 0 N–H and O–H groups in total. The number of aromatic nitrogens is 1. The fourth-order valence-electron chi connectivity index (χ4n) is 1.61. The average Bonchev–Trinajstić information content (AvgIpc) is 2.67. The van der Waals surface area contributed by atoms with Crippen molar-refractivity contribution in [3.8, 4) is 5.95 Å². The van der Waals surface area contributed by atoms with E-state index in [9.17, 15) is 4.79 Å². The molecule has 1 heterocycles. The zero-order valence-electron chi connectivity index (χ0n) is 11.5. The summed E-state index contributed by atoms with van der Waals surface area (Å²) in [5.41, 5.74) is 0.722. The van der Waals surface area contributed by atoms with Gasteiger partial charge in [-0.3, -0.25) is 9.63 Å². The van der Waals surface area contributed by atoms with Crippen LogP contribution in [0.1, 0.15) is 24.9 Å². The van der Waals surface area contributed by atoms with Gasteiger partial charge in [0.25, 0.3) is 0 Å². The maximum Gasteiger partial charge on any atom is 0.307 e. The van der Waals surface area contributed by atoms with E-state index < -0.39 is 0 Å². The van der Waals surface area contributed by atoms with E-state index >= 15 is 0 Å². The second-order valence-corrected chi connectivity index (χ2v) is 4.27. The van der Waals surface area contributed by atoms with E-state index in [4.69, 9.17) is 14.0 Å². The van der Waals surface area contributed by atoms with E-state index in [-0.39, 0.29) is 11.8 Å². The number of hydrogen-bond acceptors (Lipinski definition) is 5. The van der Waals surface area contributed by atoms with E-state index in [0.29, 0.717) is 24.7 Å². The highest BCUT2D eigenvalue weighted by Gasteiger charge is 2.17. The summed E-state index contributed by atoms with van der Waals surface area (Å²) in [6.45, 7) is 3.79. The second kappa shape index (κ2) is 6.39. The number of carbonyl (C=O) groups is 1. The molecule has 0 spiro atoms. The predicted molar refractivity (Wildman–Crippen MR) is 65.1 cm³/mol. The van der Waals surface area contributed by atoms with Gasteiger partial charge in [0, 0.05) is 19.9 Å². The molecule has 1 amide bonds. The molecular weight excluding hydrogens is 236 g/mol. The normalized spacial score (nSPS) is 12.3. The largest absolute Gasteiger partial charge is 0.467 e. The monoisotopic (exact) mass is 256 g/mol. The lowest BCUT2D eigenvalue weighted by Gasteiger charge is -2.15. The summed E-state index contributed by atoms with van der Waals surface area (Å²) in [6, 6.07) is 0. The number of oxazole rings is 1. The molecule has 0 aliphatic heterocycles. The molecule has 1 rings (SSSR count). The molecule has 1 atom stereocenters. The Morgan fingerprint density at radius 2 is 2.17 bits per heavy atom. The minimum absolute atomic E-state index is 0.0692. The van der Waals surface area contributed by atoms with Gasteiger partial charge in [0.1, 0.15) is 5.69 Å². The van der Waals surface area contributed by atoms with E-state index in [1.165, 1.54) is 19.3 Å². The number of rotatable bonds is 6. The van der Waals surface area contributed by atoms with Gasteiger partial charge in [-0.25, -0.2) is 10.0 Å². The number of methoxy groups -OCH3 is 1. The maximum absolute atomic E-state index is 11.6. The van der Waals surface area contributed by atoms with Crippen molar-refractivity contribution in [3.63, 3.8) is 0 Å². The molecule has 0 aromatic carbocycles. The predicted octanol–water partition coefficient (Wildman–Crippen LogP) is 1.58. The number of aryl methyl sites for hydroxylation is 1. The lowest BCUT2D eigenvalue weighted by molar-refractivity contribution is -0.169. The van der Waals surface area contributed by atoms with Gasteiger partial charge in [0.2, 0.25) is 5.91 Å². The fraction of sp³-hybridized carbons (Fsp3) is 0.667. The van der Waals surface area contributed by atoms with Gasteiger partial charge in [-0.05, 0) is 12.8 Å². The van der Waals surface area contributed by atoms with Crippen LogP contribution in [0, 0.1) is 12.8 Å². The molecule has 1 aromatic rings. The van der Waals surface area contributed by atoms with Crippen LogP contribution in [-0.4, -0.2) is 37.2 Å². The average molecular weight is 256 g/mol. The lowest BCUT2D eigenvalue weighted by atomic mass is 10.0. The van der Waals surface area contributed by atoms with Crippen LogP contribution in [0.2, 0.25) is 0 Å². The molecule has 0 fully saturated rings. The van der Waals surface area contributed by atoms with Crippen molar-refractivity contribution in [2.45, 2.75) is 26.7 Å². The highest BCUT2D eigenvalue weighted by Crippen LogP contribution is 2.21. The molecule has 1 aromatic heterocycles. The van der Waals surface area contributed by atoms with Gasteiger partial charge in [0.15, 0.2) is 5.89 Å². The number of hydroxylamine groups is 2. The summed E-state index contributed by atoms with van der Waals surface area (Å²) in [4.78, 5) is 20.7. The smallest absolute Gasteiger partial charge is 0.307 e. The molecule has 102 valence electrons. The Morgan fingerprint density at radius 3 is 2.67 bits per heavy atom. The van der Waals surface area contributed by atoms with E-state index in [1.807, 2.05) is 13.8 Å². The Hall–Kier alpha value is -1.56. The Labute approximate surface area is 107 Å². The number of amides is 1. The molecule has 6 heteroatoms. The summed E-state index contributed by atoms with van der Waals surface area (Å²) in [7, 11) is 4.59. The van der Waals surface area contributed by atoms with Crippen molar-refractivity contribution in [2.75, 3.05) is 21.3 Å². The van der Waals surface area contributed by atoms with E-state index in [0.717, 1.165) is 5.69 Å². The van der Waals surface area contributed by atoms with Gasteiger partial charge in [0.05, 0.1) is 14.2 Å². The highest BCUT2D eigenvalue weighted by molar-refractivity contribution is 5.74. The van der Waals surface area contributed by atoms with Crippen molar-refractivity contribution in [1.82, 2.24) is 10.0 Å². The molecule has 0 saturated carbocycles. The van der Waals surface area contributed by atoms with Gasteiger partial charge in [-0.2, -0.15) is 0 Å². The van der Waals surface area contributed by atoms with Crippen molar-refractivity contribution >= 4 is 5.91 Å². The van der Waals surface area contributed by atoms with Crippen molar-refractivity contribution in [2.24, 2.45) is 5.92 Å². The number of nitrogens with zero attached hydrogens (tertiary/aromatic N) is 2. The first-order chi connectivity index (χ1) is 8.47. The fourth-order valence-corrected chi connectivity index (χ4v) is 1.61. The topological polar surface area (TPSA) is 64.8 Å². The molecular formula is C12H20N2O4. The molecule has 0 aliphatic carbocycles. The molecule has 1 unspecified atom stereocenters. The third kappa shape index (κ3) is 3.73. The first-order valence-electron chi connectivity index (χ1n) is 5.78. The molecule has 6 nitrogen and oxygen atoms in total. The molecule has 18 heavy (non-hydrogen) atoms. The van der Waals surface area contributed by atoms with Crippen LogP contribution in [0.3, 0.4) is 0 Å². The first-order valence-corrected chi connectivity index (χ1v) is 5.78. The lowest BCUT2D eigenvalue weighted by Crippen LogP contribution is -2.27. The SMILES string of the molecule is COc1oc(CC(C)CC(=O)N(C)OC)nc1C. The third-order valence-electron chi connectivity index (χ3n) is 2.65. The Morgan fingerprint density at radius 1 is 1.50 bits per heavy atom. The van der Waals surface area contributed by atoms with E-state index in [2.05, 4.69) is 4.98 Å². The first kappa shape index (κ1) is 14.5. The van der Waals surface area contributed by atoms with Crippen molar-refractivity contribution in [1.29, 1.82) is 0 Å². The molecule has 0 aliphatic rings. The van der Waals surface area contributed by atoms with Crippen LogP contribution >= 0.6 is 0 Å². The van der Waals surface area contributed by atoms with Gasteiger partial charge >= 0.3 is 5.95 Å². The van der Waals surface area contributed by atoms with Crippen LogP contribution < -0.4 is 4.74 Å². The van der Waals surface area contributed by atoms with Crippen molar-refractivity contribution < 1.29 is 18.8 Å². The number of carbonyl (C=O) groups excluding carboxylic acids is 1. The molecule has 0 radical (unpaired) electrons. The summed E-state index contributed by atoms with van der Waals surface area (Å²) < 4.78 is 10.4. The van der Waals surface area contributed by atoms with Crippen LogP contribution in [0.15, 0.2) is 4.42 Å². The Kier molecular flexibility index (Phi) is 5.15. The molecule has 0 bridgehead atoms. The zero-order valence-corrected chi connectivity index (χ0v) is 11.5.